The van der Waals surface area contributed by atoms with E-state index in [-0.39, 0.29) is 23.7 Å². The molecule has 0 spiro atoms. The maximum atomic E-state index is 13.0. The number of amides is 1. The van der Waals surface area contributed by atoms with Crippen molar-refractivity contribution in [3.05, 3.63) is 52.0 Å². The van der Waals surface area contributed by atoms with E-state index in [9.17, 15) is 9.18 Å². The predicted molar refractivity (Wildman–Crippen MR) is 86.4 cm³/mol. The summed E-state index contributed by atoms with van der Waals surface area (Å²) in [6.07, 6.45) is 0.755. The molecular formula is C17H18FNO3S. The fourth-order valence-electron chi connectivity index (χ4n) is 2.79. The molecule has 1 aliphatic rings. The zero-order valence-corrected chi connectivity index (χ0v) is 13.6. The van der Waals surface area contributed by atoms with Crippen LogP contribution in [0.1, 0.15) is 27.8 Å². The molecule has 3 rings (SSSR count). The molecule has 0 bridgehead atoms. The molecule has 1 aromatic carbocycles. The molecule has 1 fully saturated rings. The van der Waals surface area contributed by atoms with Crippen LogP contribution in [0.5, 0.6) is 5.75 Å². The van der Waals surface area contributed by atoms with Crippen LogP contribution in [0, 0.1) is 11.7 Å². The highest BCUT2D eigenvalue weighted by atomic mass is 32.1. The number of ether oxygens (including phenoxy) is 2. The first kappa shape index (κ1) is 16.0. The molecule has 1 N–H and O–H groups in total. The molecule has 1 saturated heterocycles. The molecule has 1 amide bonds. The Morgan fingerprint density at radius 1 is 1.39 bits per heavy atom. The number of hydrogen-bond acceptors (Lipinski definition) is 4. The summed E-state index contributed by atoms with van der Waals surface area (Å²) in [7, 11) is 1.55. The number of halogens is 1. The molecule has 2 aromatic rings. The number of carbonyl (C=O) groups excluding carboxylic acids is 1. The Balaban J connectivity index is 1.63. The third-order valence-corrected chi connectivity index (χ3v) is 4.89. The fraction of sp³-hybridized carbons (Fsp3) is 0.353. The van der Waals surface area contributed by atoms with Gasteiger partial charge in [-0.1, -0.05) is 12.1 Å². The van der Waals surface area contributed by atoms with Gasteiger partial charge in [0.15, 0.2) is 0 Å². The van der Waals surface area contributed by atoms with Crippen molar-refractivity contribution in [3.63, 3.8) is 0 Å². The summed E-state index contributed by atoms with van der Waals surface area (Å²) >= 11 is 1.35. The van der Waals surface area contributed by atoms with Crippen LogP contribution in [0.2, 0.25) is 0 Å². The van der Waals surface area contributed by atoms with Gasteiger partial charge in [0.25, 0.3) is 5.91 Å². The first-order chi connectivity index (χ1) is 11.2. The zero-order chi connectivity index (χ0) is 16.2. The molecule has 1 aromatic heterocycles. The second-order valence-electron chi connectivity index (χ2n) is 5.42. The summed E-state index contributed by atoms with van der Waals surface area (Å²) in [5.41, 5.74) is 0.942. The topological polar surface area (TPSA) is 47.6 Å². The van der Waals surface area contributed by atoms with E-state index >= 15 is 0 Å². The summed E-state index contributed by atoms with van der Waals surface area (Å²) in [5, 5.41) is 4.78. The van der Waals surface area contributed by atoms with Gasteiger partial charge < -0.3 is 14.8 Å². The molecule has 122 valence electrons. The highest BCUT2D eigenvalue weighted by Crippen LogP contribution is 2.34. The summed E-state index contributed by atoms with van der Waals surface area (Å²) in [6, 6.07) is 8.12. The number of rotatable bonds is 5. The van der Waals surface area contributed by atoms with Crippen molar-refractivity contribution in [2.45, 2.75) is 12.5 Å². The van der Waals surface area contributed by atoms with E-state index in [1.807, 2.05) is 5.38 Å². The smallest absolute Gasteiger partial charge is 0.265 e. The molecule has 0 aliphatic carbocycles. The SMILES string of the molecule is COc1ccsc1C(=O)NC[C@@H]1CCO[C@H]1c1ccc(F)cc1. The number of hydrogen-bond donors (Lipinski definition) is 1. The van der Waals surface area contributed by atoms with Gasteiger partial charge in [0.2, 0.25) is 0 Å². The van der Waals surface area contributed by atoms with E-state index in [0.717, 1.165) is 12.0 Å². The van der Waals surface area contributed by atoms with Gasteiger partial charge in [0, 0.05) is 19.1 Å². The van der Waals surface area contributed by atoms with E-state index in [1.54, 1.807) is 25.3 Å². The predicted octanol–water partition coefficient (Wildman–Crippen LogP) is 3.40. The normalized spacial score (nSPS) is 20.4. The molecule has 2 heterocycles. The van der Waals surface area contributed by atoms with Crippen molar-refractivity contribution in [1.29, 1.82) is 0 Å². The van der Waals surface area contributed by atoms with Crippen LogP contribution in [0.15, 0.2) is 35.7 Å². The highest BCUT2D eigenvalue weighted by Gasteiger charge is 2.30. The number of thiophene rings is 1. The lowest BCUT2D eigenvalue weighted by molar-refractivity contribution is 0.0846. The first-order valence-electron chi connectivity index (χ1n) is 7.46. The van der Waals surface area contributed by atoms with Crippen molar-refractivity contribution in [2.75, 3.05) is 20.3 Å². The molecule has 2 atom stereocenters. The van der Waals surface area contributed by atoms with Crippen molar-refractivity contribution >= 4 is 17.2 Å². The second kappa shape index (κ2) is 7.10. The number of carbonyl (C=O) groups is 1. The third-order valence-electron chi connectivity index (χ3n) is 3.99. The van der Waals surface area contributed by atoms with Gasteiger partial charge >= 0.3 is 0 Å². The second-order valence-corrected chi connectivity index (χ2v) is 6.34. The standard InChI is InChI=1S/C17H18FNO3S/c1-21-14-7-9-23-16(14)17(20)19-10-12-6-8-22-15(12)11-2-4-13(18)5-3-11/h2-5,7,9,12,15H,6,8,10H2,1H3,(H,19,20)/t12-,15-/m0/s1. The molecule has 0 radical (unpaired) electrons. The Labute approximate surface area is 138 Å². The van der Waals surface area contributed by atoms with Crippen LogP contribution in [0.4, 0.5) is 4.39 Å². The molecule has 23 heavy (non-hydrogen) atoms. The monoisotopic (exact) mass is 335 g/mol. The minimum Gasteiger partial charge on any atom is -0.495 e. The molecule has 6 heteroatoms. The summed E-state index contributed by atoms with van der Waals surface area (Å²) in [4.78, 5) is 12.8. The minimum absolute atomic E-state index is 0.110. The van der Waals surface area contributed by atoms with E-state index < -0.39 is 0 Å². The van der Waals surface area contributed by atoms with Crippen LogP contribution in [-0.4, -0.2) is 26.2 Å². The van der Waals surface area contributed by atoms with Crippen LogP contribution < -0.4 is 10.1 Å². The zero-order valence-electron chi connectivity index (χ0n) is 12.8. The van der Waals surface area contributed by atoms with Crippen LogP contribution in [0.25, 0.3) is 0 Å². The maximum absolute atomic E-state index is 13.0. The Bertz CT molecular complexity index is 671. The molecule has 0 unspecified atom stereocenters. The van der Waals surface area contributed by atoms with Crippen molar-refractivity contribution in [2.24, 2.45) is 5.92 Å². The van der Waals surface area contributed by atoms with Gasteiger partial charge in [0.1, 0.15) is 16.4 Å². The summed E-state index contributed by atoms with van der Waals surface area (Å²) < 4.78 is 24.0. The Hall–Kier alpha value is -1.92. The van der Waals surface area contributed by atoms with Gasteiger partial charge in [0.05, 0.1) is 13.2 Å². The summed E-state index contributed by atoms with van der Waals surface area (Å²) in [5.74, 6) is 0.364. The lowest BCUT2D eigenvalue weighted by atomic mass is 9.95. The minimum atomic E-state index is -0.263. The van der Waals surface area contributed by atoms with Gasteiger partial charge in [-0.25, -0.2) is 4.39 Å². The number of benzene rings is 1. The number of nitrogens with one attached hydrogen (secondary N) is 1. The van der Waals surface area contributed by atoms with Crippen molar-refractivity contribution in [3.8, 4) is 5.75 Å². The molecule has 4 nitrogen and oxygen atoms in total. The van der Waals surface area contributed by atoms with Crippen LogP contribution >= 0.6 is 11.3 Å². The largest absolute Gasteiger partial charge is 0.495 e. The van der Waals surface area contributed by atoms with Gasteiger partial charge in [-0.15, -0.1) is 11.3 Å². The Morgan fingerprint density at radius 2 is 2.17 bits per heavy atom. The van der Waals surface area contributed by atoms with E-state index in [1.165, 1.54) is 23.5 Å². The molecular weight excluding hydrogens is 317 g/mol. The van der Waals surface area contributed by atoms with Gasteiger partial charge in [-0.05, 0) is 35.6 Å². The Morgan fingerprint density at radius 3 is 2.91 bits per heavy atom. The van der Waals surface area contributed by atoms with Crippen LogP contribution in [-0.2, 0) is 4.74 Å². The highest BCUT2D eigenvalue weighted by molar-refractivity contribution is 7.12. The van der Waals surface area contributed by atoms with Crippen LogP contribution in [0.3, 0.4) is 0 Å². The number of methoxy groups -OCH3 is 1. The van der Waals surface area contributed by atoms with Gasteiger partial charge in [-0.3, -0.25) is 4.79 Å². The average Bonchev–Trinajstić information content (AvgIpc) is 3.22. The van der Waals surface area contributed by atoms with Gasteiger partial charge in [-0.2, -0.15) is 0 Å². The first-order valence-corrected chi connectivity index (χ1v) is 8.33. The Kier molecular flexibility index (Phi) is 4.93. The molecule has 0 saturated carbocycles. The van der Waals surface area contributed by atoms with E-state index in [2.05, 4.69) is 5.32 Å². The lowest BCUT2D eigenvalue weighted by Crippen LogP contribution is -2.30. The molecule has 1 aliphatic heterocycles. The average molecular weight is 335 g/mol. The maximum Gasteiger partial charge on any atom is 0.265 e. The fourth-order valence-corrected chi connectivity index (χ4v) is 3.57. The van der Waals surface area contributed by atoms with Crippen molar-refractivity contribution < 1.29 is 18.7 Å². The van der Waals surface area contributed by atoms with E-state index in [4.69, 9.17) is 9.47 Å². The summed E-state index contributed by atoms with van der Waals surface area (Å²) in [6.45, 7) is 1.16. The lowest BCUT2D eigenvalue weighted by Gasteiger charge is -2.19. The van der Waals surface area contributed by atoms with E-state index in [0.29, 0.717) is 23.8 Å². The quantitative estimate of drug-likeness (QED) is 0.911. The third kappa shape index (κ3) is 3.54. The van der Waals surface area contributed by atoms with Crippen molar-refractivity contribution in [1.82, 2.24) is 5.32 Å².